The molecule has 0 bridgehead atoms. The maximum atomic E-state index is 13.3. The maximum Gasteiger partial charge on any atom is 0.343 e. The molecule has 1 saturated carbocycles. The van der Waals surface area contributed by atoms with Crippen LogP contribution < -0.4 is 16.1 Å². The molecule has 1 aromatic heterocycles. The fourth-order valence-electron chi connectivity index (χ4n) is 5.32. The Morgan fingerprint density at radius 2 is 2.11 bits per heavy atom. The largest absolute Gasteiger partial charge is 0.462 e. The number of nitrogen functional groups attached to an aromatic ring is 1. The molecular weight excluding hydrogens is 464 g/mol. The second-order valence-corrected chi connectivity index (χ2v) is 10.6. The molecule has 0 saturated heterocycles. The van der Waals surface area contributed by atoms with Crippen molar-refractivity contribution in [2.45, 2.75) is 46.1 Å². The lowest BCUT2D eigenvalue weighted by Crippen LogP contribution is -2.38. The van der Waals surface area contributed by atoms with Gasteiger partial charge in [0.15, 0.2) is 0 Å². The number of carbonyl (C=O) groups is 1. The van der Waals surface area contributed by atoms with E-state index in [0.29, 0.717) is 23.5 Å². The van der Waals surface area contributed by atoms with Gasteiger partial charge in [-0.05, 0) is 49.6 Å². The number of carbonyl (C=O) groups excluding carboxylic acids is 1. The second kappa shape index (κ2) is 9.26. The Kier molecular flexibility index (Phi) is 6.29. The molecule has 0 amide bonds. The van der Waals surface area contributed by atoms with Crippen LogP contribution in [0.25, 0.3) is 10.9 Å². The first-order valence-corrected chi connectivity index (χ1v) is 13.2. The Hall–Kier alpha value is -2.94. The number of esters is 1. The Balaban J connectivity index is 1.64. The molecule has 9 heteroatoms. The fraction of sp³-hybridized carbons (Fsp3) is 0.500. The van der Waals surface area contributed by atoms with Gasteiger partial charge >= 0.3 is 5.97 Å². The highest BCUT2D eigenvalue weighted by molar-refractivity contribution is 8.03. The topological polar surface area (TPSA) is 99.2 Å². The van der Waals surface area contributed by atoms with Crippen LogP contribution in [0.4, 0.5) is 11.4 Å². The summed E-state index contributed by atoms with van der Waals surface area (Å²) in [4.78, 5) is 34.7. The predicted octanol–water partition coefficient (Wildman–Crippen LogP) is 4.25. The van der Waals surface area contributed by atoms with Crippen molar-refractivity contribution in [2.75, 3.05) is 43.2 Å². The first kappa shape index (κ1) is 23.8. The van der Waals surface area contributed by atoms with Crippen LogP contribution in [0.3, 0.4) is 0 Å². The normalized spacial score (nSPS) is 21.4. The molecule has 5 rings (SSSR count). The Morgan fingerprint density at radius 3 is 2.80 bits per heavy atom. The van der Waals surface area contributed by atoms with Gasteiger partial charge < -0.3 is 24.8 Å². The van der Waals surface area contributed by atoms with Crippen molar-refractivity contribution in [2.24, 2.45) is 11.1 Å². The van der Waals surface area contributed by atoms with E-state index in [1.165, 1.54) is 10.5 Å². The van der Waals surface area contributed by atoms with E-state index >= 15 is 0 Å². The zero-order chi connectivity index (χ0) is 24.9. The van der Waals surface area contributed by atoms with Crippen molar-refractivity contribution < 1.29 is 14.4 Å². The van der Waals surface area contributed by atoms with E-state index in [4.69, 9.17) is 15.3 Å². The number of benzene rings is 1. The van der Waals surface area contributed by atoms with Crippen LogP contribution in [0.1, 0.15) is 55.1 Å². The second-order valence-electron chi connectivity index (χ2n) is 9.51. The maximum absolute atomic E-state index is 13.3. The number of ether oxygens (including phenoxy) is 1. The summed E-state index contributed by atoms with van der Waals surface area (Å²) in [6, 6.07) is 2.02. The lowest BCUT2D eigenvalue weighted by molar-refractivity contribution is 0.0524. The summed E-state index contributed by atoms with van der Waals surface area (Å²) in [5.41, 5.74) is 11.9. The molecular formula is C26H32N4O4S. The number of oxime groups is 1. The fourth-order valence-corrected chi connectivity index (χ4v) is 6.50. The number of hydrogen-bond donors (Lipinski definition) is 1. The predicted molar refractivity (Wildman–Crippen MR) is 142 cm³/mol. The summed E-state index contributed by atoms with van der Waals surface area (Å²) in [6.45, 7) is 7.70. The zero-order valence-corrected chi connectivity index (χ0v) is 21.5. The van der Waals surface area contributed by atoms with Crippen LogP contribution in [0.2, 0.25) is 0 Å². The number of pyridine rings is 1. The van der Waals surface area contributed by atoms with Crippen molar-refractivity contribution in [3.8, 4) is 0 Å². The van der Waals surface area contributed by atoms with Gasteiger partial charge in [0.05, 0.1) is 29.2 Å². The molecule has 1 unspecified atom stereocenters. The lowest BCUT2D eigenvalue weighted by atomic mass is 9.94. The summed E-state index contributed by atoms with van der Waals surface area (Å²) in [7, 11) is 1.59. The monoisotopic (exact) mass is 496 g/mol. The highest BCUT2D eigenvalue weighted by Crippen LogP contribution is 2.43. The molecule has 0 radical (unpaired) electrons. The molecule has 0 spiro atoms. The average Bonchev–Trinajstić information content (AvgIpc) is 3.67. The van der Waals surface area contributed by atoms with Gasteiger partial charge in [0.1, 0.15) is 12.7 Å². The van der Waals surface area contributed by atoms with Crippen molar-refractivity contribution in [3.63, 3.8) is 0 Å². The van der Waals surface area contributed by atoms with Gasteiger partial charge in [0, 0.05) is 48.0 Å². The number of nitrogens with zero attached hydrogens (tertiary/aromatic N) is 3. The average molecular weight is 497 g/mol. The highest BCUT2D eigenvalue weighted by Gasteiger charge is 2.33. The molecule has 35 heavy (non-hydrogen) atoms. The smallest absolute Gasteiger partial charge is 0.343 e. The van der Waals surface area contributed by atoms with Crippen LogP contribution in [-0.4, -0.2) is 48.8 Å². The van der Waals surface area contributed by atoms with Crippen molar-refractivity contribution >= 4 is 45.7 Å². The summed E-state index contributed by atoms with van der Waals surface area (Å²) >= 11 is 1.91. The third-order valence-electron chi connectivity index (χ3n) is 7.07. The summed E-state index contributed by atoms with van der Waals surface area (Å²) in [5, 5.41) is 4.84. The molecule has 8 nitrogen and oxygen atoms in total. The van der Waals surface area contributed by atoms with E-state index in [9.17, 15) is 9.59 Å². The molecule has 3 heterocycles. The van der Waals surface area contributed by atoms with Gasteiger partial charge in [-0.15, -0.1) is 11.8 Å². The molecule has 1 aromatic carbocycles. The van der Waals surface area contributed by atoms with E-state index in [-0.39, 0.29) is 23.6 Å². The molecule has 1 aliphatic carbocycles. The van der Waals surface area contributed by atoms with Crippen LogP contribution in [0.15, 0.2) is 32.7 Å². The van der Waals surface area contributed by atoms with Crippen LogP contribution in [-0.2, 0) is 9.57 Å². The third-order valence-corrected chi connectivity index (χ3v) is 8.54. The van der Waals surface area contributed by atoms with Gasteiger partial charge in [0.2, 0.25) is 5.43 Å². The number of aromatic nitrogens is 1. The van der Waals surface area contributed by atoms with Crippen molar-refractivity contribution in [1.29, 1.82) is 0 Å². The van der Waals surface area contributed by atoms with Crippen molar-refractivity contribution in [1.82, 2.24) is 4.57 Å². The number of thioether (sulfide) groups is 1. The van der Waals surface area contributed by atoms with Crippen LogP contribution >= 0.6 is 11.8 Å². The quantitative estimate of drug-likeness (QED) is 0.375. The molecule has 2 aliphatic heterocycles. The number of hydrogen-bond acceptors (Lipinski definition) is 8. The van der Waals surface area contributed by atoms with Gasteiger partial charge in [-0.25, -0.2) is 4.79 Å². The molecule has 1 atom stereocenters. The summed E-state index contributed by atoms with van der Waals surface area (Å²) in [6.07, 6.45) is 4.65. The number of anilines is 2. The summed E-state index contributed by atoms with van der Waals surface area (Å²) in [5.74, 6) is 0.739. The third kappa shape index (κ3) is 4.09. The van der Waals surface area contributed by atoms with Crippen LogP contribution in [0, 0.1) is 12.8 Å². The first-order chi connectivity index (χ1) is 16.8. The van der Waals surface area contributed by atoms with Crippen molar-refractivity contribution in [3.05, 3.63) is 44.1 Å². The summed E-state index contributed by atoms with van der Waals surface area (Å²) < 4.78 is 7.25. The number of aryl methyl sites for hydroxylation is 1. The van der Waals surface area contributed by atoms with E-state index in [1.807, 2.05) is 18.7 Å². The number of nitrogens with two attached hydrogens (primary N) is 1. The van der Waals surface area contributed by atoms with Gasteiger partial charge in [-0.3, -0.25) is 4.79 Å². The molecule has 2 N–H and O–H groups in total. The number of rotatable bonds is 5. The standard InChI is InChI=1S/C26H32N4O4S/c1-5-34-26(32)19-12-30(16-6-7-16)23-15(3)24(20(27)10-17(23)25(19)31)29-9-8-21-18(11-29)22(28-33-4)14(2)13-35-21/h10,12,14,16H,5-9,11,13,27H2,1-4H3/b28-22+. The van der Waals surface area contributed by atoms with Gasteiger partial charge in [-0.1, -0.05) is 12.1 Å². The lowest BCUT2D eigenvalue weighted by Gasteiger charge is -2.37. The SMILES string of the molecule is CCOC(=O)c1cn(C2CC2)c2c(C)c(N3CCC4=C(C3)/C(=N/OC)C(C)CS4)c(N)cc2c1=O. The Bertz CT molecular complexity index is 1330. The Morgan fingerprint density at radius 1 is 1.34 bits per heavy atom. The molecule has 1 fully saturated rings. The molecule has 2 aromatic rings. The van der Waals surface area contributed by atoms with Crippen LogP contribution in [0.5, 0.6) is 0 Å². The van der Waals surface area contributed by atoms with Gasteiger partial charge in [-0.2, -0.15) is 0 Å². The minimum Gasteiger partial charge on any atom is -0.462 e. The van der Waals surface area contributed by atoms with E-state index in [2.05, 4.69) is 21.5 Å². The Labute approximate surface area is 209 Å². The van der Waals surface area contributed by atoms with E-state index in [0.717, 1.165) is 54.0 Å². The first-order valence-electron chi connectivity index (χ1n) is 12.2. The minimum atomic E-state index is -0.585. The van der Waals surface area contributed by atoms with E-state index in [1.54, 1.807) is 26.3 Å². The van der Waals surface area contributed by atoms with E-state index < -0.39 is 5.97 Å². The minimum absolute atomic E-state index is 0.0687. The van der Waals surface area contributed by atoms with Gasteiger partial charge in [0.25, 0.3) is 0 Å². The zero-order valence-electron chi connectivity index (χ0n) is 20.7. The molecule has 186 valence electrons. The number of fused-ring (bicyclic) bond motifs is 1. The molecule has 3 aliphatic rings. The highest BCUT2D eigenvalue weighted by atomic mass is 32.2.